The first-order valence-electron chi connectivity index (χ1n) is 8.38. The van der Waals surface area contributed by atoms with E-state index in [4.69, 9.17) is 9.73 Å². The molecule has 0 radical (unpaired) electrons. The molecule has 0 aromatic heterocycles. The highest BCUT2D eigenvalue weighted by Crippen LogP contribution is 2.56. The molecule has 3 atom stereocenters. The molecule has 23 heavy (non-hydrogen) atoms. The van der Waals surface area contributed by atoms with Crippen molar-refractivity contribution in [3.8, 4) is 11.5 Å². The van der Waals surface area contributed by atoms with Crippen molar-refractivity contribution in [3.05, 3.63) is 23.3 Å². The highest BCUT2D eigenvalue weighted by molar-refractivity contribution is 6.02. The number of benzene rings is 1. The van der Waals surface area contributed by atoms with E-state index in [0.717, 1.165) is 23.4 Å². The Morgan fingerprint density at radius 3 is 2.96 bits per heavy atom. The zero-order valence-corrected chi connectivity index (χ0v) is 12.8. The van der Waals surface area contributed by atoms with Gasteiger partial charge in [0, 0.05) is 30.7 Å². The largest absolute Gasteiger partial charge is 0.504 e. The van der Waals surface area contributed by atoms with Crippen molar-refractivity contribution in [1.82, 2.24) is 0 Å². The molecule has 3 aliphatic carbocycles. The van der Waals surface area contributed by atoms with Gasteiger partial charge in [-0.3, -0.25) is 9.79 Å². The summed E-state index contributed by atoms with van der Waals surface area (Å²) in [7, 11) is 0. The first-order chi connectivity index (χ1) is 11.1. The first-order valence-corrected chi connectivity index (χ1v) is 8.38. The lowest BCUT2D eigenvalue weighted by Crippen LogP contribution is -2.56. The van der Waals surface area contributed by atoms with Crippen molar-refractivity contribution in [2.24, 2.45) is 10.9 Å². The number of hydrogen-bond acceptors (Lipinski definition) is 5. The molecule has 1 aliphatic heterocycles. The lowest BCUT2D eigenvalue weighted by Gasteiger charge is -2.44. The number of Topliss-reactive ketones (excluding diaryl/α,β-unsaturated/α-hetero) is 1. The van der Waals surface area contributed by atoms with Crippen molar-refractivity contribution >= 4 is 11.5 Å². The van der Waals surface area contributed by atoms with E-state index in [2.05, 4.69) is 0 Å². The predicted octanol–water partition coefficient (Wildman–Crippen LogP) is 1.74. The summed E-state index contributed by atoms with van der Waals surface area (Å²) >= 11 is 0. The van der Waals surface area contributed by atoms with Crippen LogP contribution in [0.1, 0.15) is 42.7 Å². The van der Waals surface area contributed by atoms with E-state index in [-0.39, 0.29) is 11.5 Å². The van der Waals surface area contributed by atoms with Gasteiger partial charge in [0.25, 0.3) is 0 Å². The van der Waals surface area contributed by atoms with Crippen molar-refractivity contribution in [3.63, 3.8) is 0 Å². The van der Waals surface area contributed by atoms with Crippen molar-refractivity contribution in [2.75, 3.05) is 6.54 Å². The third kappa shape index (κ3) is 1.77. The fourth-order valence-corrected chi connectivity index (χ4v) is 4.34. The van der Waals surface area contributed by atoms with E-state index in [9.17, 15) is 15.0 Å². The van der Waals surface area contributed by atoms with Crippen molar-refractivity contribution < 1.29 is 19.7 Å². The summed E-state index contributed by atoms with van der Waals surface area (Å²) < 4.78 is 5.78. The standard InChI is InChI=1S/C18H19NO4/c20-11-4-3-10-7-13(19-8-9-1-2-9)18(22)6-5-12(21)17-15(18)14(10)16(11)23-17/h3-4,9,15,17,20,22H,1-2,5-8H2/b19-13+/t15?,17?,18-/m1/s1. The van der Waals surface area contributed by atoms with E-state index in [1.165, 1.54) is 12.8 Å². The average molecular weight is 313 g/mol. The number of aliphatic imine (C=N–C) groups is 1. The Morgan fingerprint density at radius 2 is 2.17 bits per heavy atom. The minimum Gasteiger partial charge on any atom is -0.504 e. The molecule has 4 aliphatic rings. The monoisotopic (exact) mass is 313 g/mol. The van der Waals surface area contributed by atoms with Crippen molar-refractivity contribution in [2.45, 2.75) is 49.7 Å². The van der Waals surface area contributed by atoms with E-state index in [1.54, 1.807) is 6.07 Å². The fourth-order valence-electron chi connectivity index (χ4n) is 4.34. The molecule has 0 amide bonds. The summed E-state index contributed by atoms with van der Waals surface area (Å²) in [6.45, 7) is 0.768. The molecule has 0 bridgehead atoms. The van der Waals surface area contributed by atoms with Crippen LogP contribution in [-0.2, 0) is 11.2 Å². The van der Waals surface area contributed by atoms with Gasteiger partial charge in [-0.15, -0.1) is 0 Å². The third-order valence-electron chi connectivity index (χ3n) is 5.80. The van der Waals surface area contributed by atoms with E-state index >= 15 is 0 Å². The SMILES string of the molecule is O=C1CC[C@@]2(O)/C(=N/CC3CC3)Cc3ccc(O)c4c3C2C1O4. The molecule has 2 N–H and O–H groups in total. The number of ether oxygens (including phenoxy) is 1. The summed E-state index contributed by atoms with van der Waals surface area (Å²) in [5.74, 6) is 0.667. The van der Waals surface area contributed by atoms with Gasteiger partial charge in [-0.1, -0.05) is 6.07 Å². The summed E-state index contributed by atoms with van der Waals surface area (Å²) in [6, 6.07) is 3.48. The van der Waals surface area contributed by atoms with Crippen LogP contribution in [0, 0.1) is 5.92 Å². The maximum Gasteiger partial charge on any atom is 0.174 e. The minimum absolute atomic E-state index is 0.00432. The van der Waals surface area contributed by atoms with Crippen LogP contribution in [0.4, 0.5) is 0 Å². The molecule has 120 valence electrons. The van der Waals surface area contributed by atoms with Gasteiger partial charge in [-0.2, -0.15) is 0 Å². The Bertz CT molecular complexity index is 752. The average Bonchev–Trinajstić information content (AvgIpc) is 3.26. The quantitative estimate of drug-likeness (QED) is 0.871. The number of carbonyl (C=O) groups excluding carboxylic acids is 1. The van der Waals surface area contributed by atoms with Crippen LogP contribution >= 0.6 is 0 Å². The zero-order valence-electron chi connectivity index (χ0n) is 12.8. The number of nitrogens with zero attached hydrogens (tertiary/aromatic N) is 1. The normalized spacial score (nSPS) is 36.0. The highest BCUT2D eigenvalue weighted by Gasteiger charge is 2.60. The lowest BCUT2D eigenvalue weighted by molar-refractivity contribution is -0.133. The minimum atomic E-state index is -1.11. The molecule has 1 aromatic carbocycles. The Labute approximate surface area is 134 Å². The Hall–Kier alpha value is -1.88. The Balaban J connectivity index is 1.67. The second-order valence-electron chi connectivity index (χ2n) is 7.30. The maximum atomic E-state index is 12.3. The van der Waals surface area contributed by atoms with Gasteiger partial charge in [0.2, 0.25) is 0 Å². The van der Waals surface area contributed by atoms with Crippen LogP contribution in [0.15, 0.2) is 17.1 Å². The van der Waals surface area contributed by atoms with Gasteiger partial charge in [0.1, 0.15) is 5.60 Å². The molecule has 5 nitrogen and oxygen atoms in total. The van der Waals surface area contributed by atoms with Crippen LogP contribution in [0.3, 0.4) is 0 Å². The molecule has 2 fully saturated rings. The summed E-state index contributed by atoms with van der Waals surface area (Å²) in [5.41, 5.74) is 1.51. The molecule has 5 rings (SSSR count). The highest BCUT2D eigenvalue weighted by atomic mass is 16.5. The molecule has 0 saturated heterocycles. The second kappa shape index (κ2) is 4.35. The van der Waals surface area contributed by atoms with Gasteiger partial charge >= 0.3 is 0 Å². The number of carbonyl (C=O) groups is 1. The second-order valence-corrected chi connectivity index (χ2v) is 7.30. The number of rotatable bonds is 2. The van der Waals surface area contributed by atoms with E-state index in [1.807, 2.05) is 6.07 Å². The molecule has 2 saturated carbocycles. The zero-order chi connectivity index (χ0) is 15.8. The number of ketones is 1. The molecular weight excluding hydrogens is 294 g/mol. The molecule has 2 unspecified atom stereocenters. The van der Waals surface area contributed by atoms with Gasteiger partial charge < -0.3 is 14.9 Å². The van der Waals surface area contributed by atoms with Crippen LogP contribution < -0.4 is 4.74 Å². The van der Waals surface area contributed by atoms with Crippen LogP contribution in [0.25, 0.3) is 0 Å². The smallest absolute Gasteiger partial charge is 0.174 e. The Morgan fingerprint density at radius 1 is 1.35 bits per heavy atom. The molecule has 1 aromatic rings. The van der Waals surface area contributed by atoms with E-state index in [0.29, 0.717) is 30.9 Å². The van der Waals surface area contributed by atoms with E-state index < -0.39 is 17.6 Å². The van der Waals surface area contributed by atoms with Crippen LogP contribution in [-0.4, -0.2) is 40.0 Å². The van der Waals surface area contributed by atoms with Gasteiger partial charge in [-0.25, -0.2) is 0 Å². The Kier molecular flexibility index (Phi) is 2.56. The topological polar surface area (TPSA) is 79.1 Å². The molecule has 1 heterocycles. The summed E-state index contributed by atoms with van der Waals surface area (Å²) in [4.78, 5) is 17.0. The van der Waals surface area contributed by atoms with Gasteiger partial charge in [0.05, 0.1) is 5.92 Å². The third-order valence-corrected chi connectivity index (χ3v) is 5.80. The predicted molar refractivity (Wildman–Crippen MR) is 83.2 cm³/mol. The number of hydrogen-bond donors (Lipinski definition) is 2. The number of aliphatic hydroxyl groups is 1. The molecule has 0 spiro atoms. The molecular formula is C18H19NO4. The fraction of sp³-hybridized carbons (Fsp3) is 0.556. The number of aromatic hydroxyl groups is 1. The van der Waals surface area contributed by atoms with Crippen LogP contribution in [0.2, 0.25) is 0 Å². The van der Waals surface area contributed by atoms with Gasteiger partial charge in [-0.05, 0) is 36.8 Å². The molecule has 5 heteroatoms. The van der Waals surface area contributed by atoms with Crippen LogP contribution in [0.5, 0.6) is 11.5 Å². The summed E-state index contributed by atoms with van der Waals surface area (Å²) in [5, 5.41) is 21.5. The number of phenolic OH excluding ortho intramolecular Hbond substituents is 1. The lowest BCUT2D eigenvalue weighted by atomic mass is 9.63. The summed E-state index contributed by atoms with van der Waals surface area (Å²) in [6.07, 6.45) is 3.02. The van der Waals surface area contributed by atoms with Crippen molar-refractivity contribution in [1.29, 1.82) is 0 Å². The number of phenols is 1. The van der Waals surface area contributed by atoms with Gasteiger partial charge in [0.15, 0.2) is 23.4 Å². The first kappa shape index (κ1) is 13.5. The maximum absolute atomic E-state index is 12.3.